The van der Waals surface area contributed by atoms with Crippen LogP contribution in [0.3, 0.4) is 0 Å². The fourth-order valence-corrected chi connectivity index (χ4v) is 9.38. The molecule has 268 valence electrons. The zero-order valence-electron chi connectivity index (χ0n) is 29.4. The van der Waals surface area contributed by atoms with Crippen molar-refractivity contribution in [3.63, 3.8) is 0 Å². The number of hydrogen-bond donors (Lipinski definition) is 0. The molecule has 2 amide bonds. The topological polar surface area (TPSA) is 101 Å². The molecule has 9 nitrogen and oxygen atoms in total. The Hall–Kier alpha value is -3.72. The molecular weight excluding hydrogens is 712 g/mol. The molecule has 4 aliphatic rings. The fraction of sp³-hybridized carbons (Fsp3) is 0.474. The molecule has 3 aliphatic heterocycles. The highest BCUT2D eigenvalue weighted by molar-refractivity contribution is 7.98. The normalized spacial score (nSPS) is 22.8. The van der Waals surface area contributed by atoms with Crippen LogP contribution in [0.25, 0.3) is 32.9 Å². The van der Waals surface area contributed by atoms with Crippen molar-refractivity contribution in [1.29, 1.82) is 5.26 Å². The Morgan fingerprint density at radius 2 is 1.92 bits per heavy atom. The summed E-state index contributed by atoms with van der Waals surface area (Å²) in [6, 6.07) is 10.7. The third-order valence-electron chi connectivity index (χ3n) is 10.6. The summed E-state index contributed by atoms with van der Waals surface area (Å²) >= 11 is 14.5. The van der Waals surface area contributed by atoms with Crippen molar-refractivity contribution in [2.75, 3.05) is 19.9 Å². The molecule has 4 aromatic rings. The molecule has 0 spiro atoms. The van der Waals surface area contributed by atoms with E-state index in [1.807, 2.05) is 44.9 Å². The number of carbonyl (C=O) groups excluding carboxylic acids is 2. The average molecular weight is 753 g/mol. The lowest BCUT2D eigenvalue weighted by atomic mass is 9.79. The van der Waals surface area contributed by atoms with Crippen molar-refractivity contribution >= 4 is 69.0 Å². The number of halogens is 3. The second kappa shape index (κ2) is 13.4. The van der Waals surface area contributed by atoms with E-state index in [0.29, 0.717) is 39.5 Å². The molecule has 13 heteroatoms. The molecular formula is C38H40Cl2FN5O4S. The highest BCUT2D eigenvalue weighted by atomic mass is 35.5. The number of hydrogen-bond acceptors (Lipinski definition) is 7. The number of pyridine rings is 1. The Bertz CT molecular complexity index is 2130. The molecule has 0 radical (unpaired) electrons. The largest absolute Gasteiger partial charge is 0.453 e. The van der Waals surface area contributed by atoms with Crippen LogP contribution in [0.1, 0.15) is 76.7 Å². The minimum absolute atomic E-state index is 0.0554. The van der Waals surface area contributed by atoms with E-state index >= 15 is 4.39 Å². The van der Waals surface area contributed by atoms with E-state index in [1.54, 1.807) is 23.1 Å². The maximum atomic E-state index is 17.3. The number of likely N-dealkylation sites (tertiary alicyclic amines) is 1. The molecule has 8 rings (SSSR count). The predicted octanol–water partition coefficient (Wildman–Crippen LogP) is 9.95. The number of nitrogens with zero attached hydrogens (tertiary/aromatic N) is 5. The number of aromatic nitrogens is 2. The second-order valence-electron chi connectivity index (χ2n) is 14.7. The third kappa shape index (κ3) is 5.87. The standard InChI is InChI=1S/C38H40Cl2FN5O4S/c1-19-12-13-26(45(19)37(48)49-5)27-17-24-34(46(27)33-21-16-28(33)44(18-21)36(47)50-38(2,3)4)23-15-20(9-8-14-42)29(22-10-7-11-25(39)30(22)40)31(41)32(23)43-35(24)51-6/h7,10-11,15,17,19,21,26,28,33H,8-9,12-13,16,18H2,1-6H3/t19-,21-,26-,28-,33+/m1/s1. The summed E-state index contributed by atoms with van der Waals surface area (Å²) in [5, 5.41) is 12.2. The predicted molar refractivity (Wildman–Crippen MR) is 198 cm³/mol. The van der Waals surface area contributed by atoms with E-state index in [2.05, 4.69) is 16.7 Å². The van der Waals surface area contributed by atoms with Crippen LogP contribution >= 0.6 is 35.0 Å². The van der Waals surface area contributed by atoms with Gasteiger partial charge in [-0.25, -0.2) is 19.0 Å². The van der Waals surface area contributed by atoms with Crippen LogP contribution in [-0.2, 0) is 15.9 Å². The van der Waals surface area contributed by atoms with Gasteiger partial charge >= 0.3 is 12.2 Å². The number of aryl methyl sites for hydroxylation is 1. The number of methoxy groups -OCH3 is 1. The monoisotopic (exact) mass is 751 g/mol. The number of benzene rings is 2. The molecule has 2 aromatic carbocycles. The lowest BCUT2D eigenvalue weighted by molar-refractivity contribution is 0.0208. The van der Waals surface area contributed by atoms with E-state index < -0.39 is 17.5 Å². The number of fused-ring (bicyclic) bond motifs is 4. The lowest BCUT2D eigenvalue weighted by Crippen LogP contribution is -2.45. The van der Waals surface area contributed by atoms with Gasteiger partial charge in [-0.05, 0) is 83.4 Å². The second-order valence-corrected chi connectivity index (χ2v) is 16.3. The van der Waals surface area contributed by atoms with Gasteiger partial charge in [0.2, 0.25) is 0 Å². The molecule has 2 bridgehead atoms. The van der Waals surface area contributed by atoms with Crippen molar-refractivity contribution in [2.45, 2.75) is 94.6 Å². The van der Waals surface area contributed by atoms with Crippen molar-refractivity contribution in [1.82, 2.24) is 19.4 Å². The Kier molecular flexibility index (Phi) is 9.34. The smallest absolute Gasteiger partial charge is 0.410 e. The number of rotatable bonds is 6. The summed E-state index contributed by atoms with van der Waals surface area (Å²) in [5.74, 6) is -0.426. The summed E-state index contributed by atoms with van der Waals surface area (Å²) in [4.78, 5) is 35.3. The van der Waals surface area contributed by atoms with Crippen molar-refractivity contribution < 1.29 is 23.5 Å². The van der Waals surface area contributed by atoms with Gasteiger partial charge < -0.3 is 18.9 Å². The van der Waals surface area contributed by atoms with Gasteiger partial charge in [-0.3, -0.25) is 4.90 Å². The summed E-state index contributed by atoms with van der Waals surface area (Å²) in [6.07, 6.45) is 3.89. The van der Waals surface area contributed by atoms with Crippen LogP contribution in [-0.4, -0.2) is 69.1 Å². The van der Waals surface area contributed by atoms with Crippen molar-refractivity contribution in [3.8, 4) is 17.2 Å². The van der Waals surface area contributed by atoms with Crippen LogP contribution in [0.15, 0.2) is 35.4 Å². The number of amides is 2. The Morgan fingerprint density at radius 3 is 2.61 bits per heavy atom. The van der Waals surface area contributed by atoms with Gasteiger partial charge in [-0.15, -0.1) is 11.8 Å². The minimum atomic E-state index is -0.651. The molecule has 4 fully saturated rings. The van der Waals surface area contributed by atoms with Gasteiger partial charge in [0, 0.05) is 52.5 Å². The Labute approximate surface area is 310 Å². The van der Waals surface area contributed by atoms with E-state index in [9.17, 15) is 14.9 Å². The van der Waals surface area contributed by atoms with Crippen molar-refractivity contribution in [2.24, 2.45) is 5.92 Å². The van der Waals surface area contributed by atoms with Gasteiger partial charge in [0.1, 0.15) is 16.1 Å². The molecule has 1 saturated carbocycles. The summed E-state index contributed by atoms with van der Waals surface area (Å²) < 4.78 is 30.7. The first kappa shape index (κ1) is 35.7. The maximum absolute atomic E-state index is 17.3. The Morgan fingerprint density at radius 1 is 1.16 bits per heavy atom. The highest BCUT2D eigenvalue weighted by Gasteiger charge is 2.57. The van der Waals surface area contributed by atoms with Crippen LogP contribution < -0.4 is 0 Å². The maximum Gasteiger partial charge on any atom is 0.410 e. The Balaban J connectivity index is 1.53. The minimum Gasteiger partial charge on any atom is -0.453 e. The number of ether oxygens (including phenoxy) is 2. The van der Waals surface area contributed by atoms with Gasteiger partial charge in [0.25, 0.3) is 0 Å². The average Bonchev–Trinajstić information content (AvgIpc) is 3.86. The summed E-state index contributed by atoms with van der Waals surface area (Å²) in [6.45, 7) is 8.12. The molecule has 5 atom stereocenters. The molecule has 3 saturated heterocycles. The molecule has 1 aliphatic carbocycles. The zero-order valence-corrected chi connectivity index (χ0v) is 31.8. The SMILES string of the molecule is COC(=O)N1[C@H](C)CC[C@@H]1c1cc2c(SC)nc3c(F)c(-c4cccc(Cl)c4Cl)c(CCC#N)cc3c2n1[C@H]1[C@@H]2C[C@H]1N(C(=O)OC(C)(C)C)C2. The first-order chi connectivity index (χ1) is 24.3. The van der Waals surface area contributed by atoms with Crippen LogP contribution in [0.4, 0.5) is 14.0 Å². The van der Waals surface area contributed by atoms with E-state index in [0.717, 1.165) is 29.4 Å². The number of carbonyl (C=O) groups is 2. The van der Waals surface area contributed by atoms with Gasteiger partial charge in [0.05, 0.1) is 46.9 Å². The van der Waals surface area contributed by atoms with Gasteiger partial charge in [-0.1, -0.05) is 35.3 Å². The van der Waals surface area contributed by atoms with Gasteiger partial charge in [0.15, 0.2) is 5.82 Å². The van der Waals surface area contributed by atoms with Crippen molar-refractivity contribution in [3.05, 3.63) is 57.5 Å². The van der Waals surface area contributed by atoms with Crippen LogP contribution in [0, 0.1) is 23.1 Å². The lowest BCUT2D eigenvalue weighted by Gasteiger charge is -2.40. The molecule has 51 heavy (non-hydrogen) atoms. The first-order valence-electron chi connectivity index (χ1n) is 17.2. The molecule has 5 heterocycles. The summed E-state index contributed by atoms with van der Waals surface area (Å²) in [5.41, 5.74) is 2.51. The fourth-order valence-electron chi connectivity index (χ4n) is 8.43. The third-order valence-corrected chi connectivity index (χ3v) is 12.1. The number of nitriles is 1. The molecule has 0 unspecified atom stereocenters. The van der Waals surface area contributed by atoms with Gasteiger partial charge in [-0.2, -0.15) is 5.26 Å². The molecule has 2 aromatic heterocycles. The quantitative estimate of drug-likeness (QED) is 0.181. The van der Waals surface area contributed by atoms with E-state index in [4.69, 9.17) is 37.7 Å². The molecule has 0 N–H and O–H groups in total. The first-order valence-corrected chi connectivity index (χ1v) is 19.2. The number of thioether (sulfide) groups is 1. The van der Waals surface area contributed by atoms with Crippen LogP contribution in [0.5, 0.6) is 0 Å². The summed E-state index contributed by atoms with van der Waals surface area (Å²) in [7, 11) is 1.39. The zero-order chi connectivity index (χ0) is 36.5. The van der Waals surface area contributed by atoms with E-state index in [1.165, 1.54) is 18.9 Å². The van der Waals surface area contributed by atoms with E-state index in [-0.39, 0.29) is 65.1 Å². The van der Waals surface area contributed by atoms with Crippen LogP contribution in [0.2, 0.25) is 10.0 Å². The highest BCUT2D eigenvalue weighted by Crippen LogP contribution is 2.55.